The van der Waals surface area contributed by atoms with Crippen molar-refractivity contribution in [2.45, 2.75) is 25.2 Å². The summed E-state index contributed by atoms with van der Waals surface area (Å²) in [5, 5.41) is 6.31. The second-order valence-corrected chi connectivity index (χ2v) is 8.20. The number of carbonyl (C=O) groups is 1. The molecule has 4 rings (SSSR count). The van der Waals surface area contributed by atoms with Gasteiger partial charge in [0, 0.05) is 24.5 Å². The zero-order chi connectivity index (χ0) is 21.5. The number of nitrogens with one attached hydrogen (secondary N) is 2. The molecule has 1 saturated heterocycles. The molecule has 0 unspecified atom stereocenters. The summed E-state index contributed by atoms with van der Waals surface area (Å²) in [6.07, 6.45) is 3.82. The third-order valence-corrected chi connectivity index (χ3v) is 5.82. The van der Waals surface area contributed by atoms with Crippen molar-refractivity contribution < 1.29 is 4.79 Å². The first-order valence-corrected chi connectivity index (χ1v) is 11.2. The Morgan fingerprint density at radius 3 is 1.87 bits per heavy atom. The highest BCUT2D eigenvalue weighted by molar-refractivity contribution is 7.80. The Bertz CT molecular complexity index is 960. The van der Waals surface area contributed by atoms with E-state index in [9.17, 15) is 4.79 Å². The third kappa shape index (κ3) is 5.50. The number of amides is 1. The van der Waals surface area contributed by atoms with Gasteiger partial charge < -0.3 is 15.5 Å². The van der Waals surface area contributed by atoms with E-state index in [1.165, 1.54) is 24.9 Å². The van der Waals surface area contributed by atoms with Crippen LogP contribution in [0.3, 0.4) is 0 Å². The predicted octanol–water partition coefficient (Wildman–Crippen LogP) is 5.32. The number of piperidine rings is 1. The highest BCUT2D eigenvalue weighted by atomic mass is 32.1. The molecule has 1 heterocycles. The molecule has 4 nitrogen and oxygen atoms in total. The van der Waals surface area contributed by atoms with Crippen molar-refractivity contribution in [1.29, 1.82) is 0 Å². The van der Waals surface area contributed by atoms with Crippen LogP contribution in [-0.4, -0.2) is 24.1 Å². The van der Waals surface area contributed by atoms with Crippen LogP contribution in [0, 0.1) is 0 Å². The van der Waals surface area contributed by atoms with Gasteiger partial charge in [0.1, 0.15) is 0 Å². The van der Waals surface area contributed by atoms with Crippen LogP contribution in [0.1, 0.15) is 36.3 Å². The van der Waals surface area contributed by atoms with Gasteiger partial charge in [0.05, 0.1) is 5.92 Å². The van der Waals surface area contributed by atoms with Gasteiger partial charge in [-0.05, 0) is 66.9 Å². The number of nitrogens with zero attached hydrogens (tertiary/aromatic N) is 1. The summed E-state index contributed by atoms with van der Waals surface area (Å²) in [6.45, 7) is 2.23. The molecule has 0 spiro atoms. The minimum absolute atomic E-state index is 0.153. The molecule has 0 radical (unpaired) electrons. The van der Waals surface area contributed by atoms with Gasteiger partial charge in [-0.25, -0.2) is 0 Å². The van der Waals surface area contributed by atoms with E-state index in [0.29, 0.717) is 5.11 Å². The molecule has 31 heavy (non-hydrogen) atoms. The lowest BCUT2D eigenvalue weighted by atomic mass is 9.90. The Hall–Kier alpha value is -3.18. The first-order valence-electron chi connectivity index (χ1n) is 10.8. The molecule has 0 aliphatic carbocycles. The summed E-state index contributed by atoms with van der Waals surface area (Å²) in [7, 11) is 0. The molecular formula is C26H27N3OS. The van der Waals surface area contributed by atoms with Crippen LogP contribution in [0.2, 0.25) is 0 Å². The zero-order valence-corrected chi connectivity index (χ0v) is 18.3. The maximum Gasteiger partial charge on any atom is 0.238 e. The minimum atomic E-state index is -0.427. The van der Waals surface area contributed by atoms with Crippen LogP contribution in [0.5, 0.6) is 0 Å². The first kappa shape index (κ1) is 21.1. The van der Waals surface area contributed by atoms with Crippen molar-refractivity contribution in [2.24, 2.45) is 0 Å². The normalized spacial score (nSPS) is 13.6. The molecule has 5 heteroatoms. The molecule has 1 aliphatic heterocycles. The van der Waals surface area contributed by atoms with Crippen LogP contribution in [0.25, 0.3) is 0 Å². The Morgan fingerprint density at radius 2 is 1.32 bits per heavy atom. The lowest BCUT2D eigenvalue weighted by Gasteiger charge is -2.28. The Morgan fingerprint density at radius 1 is 0.774 bits per heavy atom. The summed E-state index contributed by atoms with van der Waals surface area (Å²) >= 11 is 5.44. The Kier molecular flexibility index (Phi) is 6.95. The van der Waals surface area contributed by atoms with Gasteiger partial charge in [0.2, 0.25) is 5.91 Å². The average molecular weight is 430 g/mol. The van der Waals surface area contributed by atoms with E-state index >= 15 is 0 Å². The smallest absolute Gasteiger partial charge is 0.238 e. The van der Waals surface area contributed by atoms with E-state index < -0.39 is 5.92 Å². The minimum Gasteiger partial charge on any atom is -0.372 e. The largest absolute Gasteiger partial charge is 0.372 e. The number of benzene rings is 3. The predicted molar refractivity (Wildman–Crippen MR) is 132 cm³/mol. The second-order valence-electron chi connectivity index (χ2n) is 7.79. The van der Waals surface area contributed by atoms with Crippen LogP contribution in [-0.2, 0) is 4.79 Å². The van der Waals surface area contributed by atoms with Crippen molar-refractivity contribution >= 4 is 34.6 Å². The fourth-order valence-electron chi connectivity index (χ4n) is 4.04. The van der Waals surface area contributed by atoms with Gasteiger partial charge in [-0.2, -0.15) is 0 Å². The molecule has 1 amide bonds. The topological polar surface area (TPSA) is 44.4 Å². The van der Waals surface area contributed by atoms with Gasteiger partial charge in [0.15, 0.2) is 5.11 Å². The number of thiocarbonyl (C=S) groups is 1. The average Bonchev–Trinajstić information content (AvgIpc) is 2.82. The molecule has 0 atom stereocenters. The van der Waals surface area contributed by atoms with Crippen LogP contribution >= 0.6 is 12.2 Å². The molecule has 0 aromatic heterocycles. The Balaban J connectivity index is 1.42. The highest BCUT2D eigenvalue weighted by Crippen LogP contribution is 2.25. The van der Waals surface area contributed by atoms with Gasteiger partial charge in [-0.3, -0.25) is 4.79 Å². The van der Waals surface area contributed by atoms with Crippen molar-refractivity contribution in [3.63, 3.8) is 0 Å². The van der Waals surface area contributed by atoms with E-state index in [0.717, 1.165) is 29.9 Å². The van der Waals surface area contributed by atoms with E-state index in [1.807, 2.05) is 72.8 Å². The fraction of sp³-hybridized carbons (Fsp3) is 0.231. The van der Waals surface area contributed by atoms with Crippen molar-refractivity contribution in [1.82, 2.24) is 5.32 Å². The summed E-state index contributed by atoms with van der Waals surface area (Å²) in [4.78, 5) is 15.6. The second kappa shape index (κ2) is 10.2. The van der Waals surface area contributed by atoms with E-state index in [-0.39, 0.29) is 5.91 Å². The van der Waals surface area contributed by atoms with Gasteiger partial charge >= 0.3 is 0 Å². The zero-order valence-electron chi connectivity index (χ0n) is 17.5. The van der Waals surface area contributed by atoms with Crippen LogP contribution < -0.4 is 15.5 Å². The molecule has 2 N–H and O–H groups in total. The maximum atomic E-state index is 13.2. The summed E-state index contributed by atoms with van der Waals surface area (Å²) in [6, 6.07) is 27.8. The molecule has 3 aromatic rings. The molecule has 1 fully saturated rings. The monoisotopic (exact) mass is 429 g/mol. The van der Waals surface area contributed by atoms with Crippen molar-refractivity contribution in [2.75, 3.05) is 23.3 Å². The van der Waals surface area contributed by atoms with E-state index in [2.05, 4.69) is 27.7 Å². The van der Waals surface area contributed by atoms with Crippen LogP contribution in [0.4, 0.5) is 11.4 Å². The fourth-order valence-corrected chi connectivity index (χ4v) is 4.26. The van der Waals surface area contributed by atoms with Crippen LogP contribution in [0.15, 0.2) is 84.9 Å². The number of rotatable bonds is 5. The number of hydrogen-bond donors (Lipinski definition) is 2. The van der Waals surface area contributed by atoms with Crippen molar-refractivity contribution in [3.05, 3.63) is 96.1 Å². The molecule has 0 bridgehead atoms. The maximum absolute atomic E-state index is 13.2. The van der Waals surface area contributed by atoms with Gasteiger partial charge in [0.25, 0.3) is 0 Å². The quantitative estimate of drug-likeness (QED) is 0.539. The third-order valence-electron chi connectivity index (χ3n) is 5.61. The number of hydrogen-bond acceptors (Lipinski definition) is 3. The molecule has 1 aliphatic rings. The summed E-state index contributed by atoms with van der Waals surface area (Å²) in [5.74, 6) is -0.580. The van der Waals surface area contributed by atoms with Gasteiger partial charge in [-0.1, -0.05) is 60.7 Å². The lowest BCUT2D eigenvalue weighted by molar-refractivity contribution is -0.120. The standard InChI is InChI=1S/C26H27N3OS/c30-25(24(20-10-4-1-5-11-20)21-12-6-2-7-13-21)28-26(31)27-22-14-16-23(17-15-22)29-18-8-3-9-19-29/h1-2,4-7,10-17,24H,3,8-9,18-19H2,(H2,27,28,30,31). The molecule has 3 aromatic carbocycles. The lowest BCUT2D eigenvalue weighted by Crippen LogP contribution is -2.37. The Labute approximate surface area is 189 Å². The first-order chi connectivity index (χ1) is 15.2. The molecular weight excluding hydrogens is 402 g/mol. The molecule has 0 saturated carbocycles. The summed E-state index contributed by atoms with van der Waals surface area (Å²) in [5.41, 5.74) is 3.95. The molecule has 158 valence electrons. The number of anilines is 2. The van der Waals surface area contributed by atoms with E-state index in [4.69, 9.17) is 12.2 Å². The summed E-state index contributed by atoms with van der Waals surface area (Å²) < 4.78 is 0. The van der Waals surface area contributed by atoms with E-state index in [1.54, 1.807) is 0 Å². The van der Waals surface area contributed by atoms with Gasteiger partial charge in [-0.15, -0.1) is 0 Å². The SMILES string of the molecule is O=C(NC(=S)Nc1ccc(N2CCCCC2)cc1)C(c1ccccc1)c1ccccc1. The highest BCUT2D eigenvalue weighted by Gasteiger charge is 2.23. The number of carbonyl (C=O) groups excluding carboxylic acids is 1. The van der Waals surface area contributed by atoms with Crippen molar-refractivity contribution in [3.8, 4) is 0 Å².